The average molecular weight is 387 g/mol. The van der Waals surface area contributed by atoms with Gasteiger partial charge in [-0.1, -0.05) is 12.1 Å². The van der Waals surface area contributed by atoms with Gasteiger partial charge in [0.1, 0.15) is 5.69 Å². The summed E-state index contributed by atoms with van der Waals surface area (Å²) >= 11 is 3.30. The van der Waals surface area contributed by atoms with Crippen LogP contribution >= 0.6 is 15.9 Å². The molecule has 0 spiro atoms. The van der Waals surface area contributed by atoms with E-state index in [9.17, 15) is 13.2 Å². The normalized spacial score (nSPS) is 11.3. The lowest BCUT2D eigenvalue weighted by molar-refractivity contribution is 0.230. The number of nitrogens with one attached hydrogen (secondary N) is 1. The molecule has 118 valence electrons. The second kappa shape index (κ2) is 6.09. The molecule has 2 aromatic rings. The molecule has 0 saturated heterocycles. The molecule has 0 aliphatic rings. The second-order valence-electron chi connectivity index (χ2n) is 4.86. The topological polar surface area (TPSA) is 84.3 Å². The third kappa shape index (κ3) is 3.66. The zero-order valence-corrected chi connectivity index (χ0v) is 14.6. The standard InChI is InChI=1S/C13H15BrN4O3S/c1-17(2)13(19)15-10-6-4-9(5-7-10)12-11(14)8-18(16-12)22(3,20)21/h4-8H,1-3H3,(H,15,19). The Morgan fingerprint density at radius 1 is 1.27 bits per heavy atom. The van der Waals surface area contributed by atoms with E-state index in [4.69, 9.17) is 0 Å². The Morgan fingerprint density at radius 3 is 2.32 bits per heavy atom. The van der Waals surface area contributed by atoms with Crippen LogP contribution in [-0.4, -0.2) is 48.9 Å². The van der Waals surface area contributed by atoms with Crippen molar-refractivity contribution >= 4 is 37.7 Å². The lowest BCUT2D eigenvalue weighted by Crippen LogP contribution is -2.27. The quantitative estimate of drug-likeness (QED) is 0.875. The highest BCUT2D eigenvalue weighted by Crippen LogP contribution is 2.28. The molecule has 9 heteroatoms. The summed E-state index contributed by atoms with van der Waals surface area (Å²) < 4.78 is 24.5. The summed E-state index contributed by atoms with van der Waals surface area (Å²) in [6.45, 7) is 0. The molecule has 22 heavy (non-hydrogen) atoms. The molecule has 0 unspecified atom stereocenters. The number of aromatic nitrogens is 2. The van der Waals surface area contributed by atoms with Crippen molar-refractivity contribution in [3.63, 3.8) is 0 Å². The zero-order chi connectivity index (χ0) is 16.5. The van der Waals surface area contributed by atoms with Crippen LogP contribution in [0, 0.1) is 0 Å². The molecular weight excluding hydrogens is 372 g/mol. The number of amides is 2. The van der Waals surface area contributed by atoms with Gasteiger partial charge in [0.25, 0.3) is 10.0 Å². The van der Waals surface area contributed by atoms with E-state index in [1.54, 1.807) is 38.4 Å². The van der Waals surface area contributed by atoms with Gasteiger partial charge in [0.15, 0.2) is 0 Å². The van der Waals surface area contributed by atoms with Gasteiger partial charge < -0.3 is 10.2 Å². The Morgan fingerprint density at radius 2 is 1.86 bits per heavy atom. The molecule has 2 rings (SSSR count). The Balaban J connectivity index is 2.28. The van der Waals surface area contributed by atoms with Gasteiger partial charge in [-0.05, 0) is 28.1 Å². The highest BCUT2D eigenvalue weighted by molar-refractivity contribution is 9.10. The van der Waals surface area contributed by atoms with E-state index in [0.29, 0.717) is 15.9 Å². The Kier molecular flexibility index (Phi) is 4.57. The Hall–Kier alpha value is -1.87. The van der Waals surface area contributed by atoms with Crippen LogP contribution in [0.15, 0.2) is 34.9 Å². The van der Waals surface area contributed by atoms with Gasteiger partial charge in [-0.2, -0.15) is 9.19 Å². The van der Waals surface area contributed by atoms with Crippen molar-refractivity contribution in [3.05, 3.63) is 34.9 Å². The van der Waals surface area contributed by atoms with Crippen LogP contribution < -0.4 is 5.32 Å². The number of nitrogens with zero attached hydrogens (tertiary/aromatic N) is 3. The van der Waals surface area contributed by atoms with Crippen LogP contribution in [-0.2, 0) is 10.0 Å². The van der Waals surface area contributed by atoms with Crippen molar-refractivity contribution < 1.29 is 13.2 Å². The average Bonchev–Trinajstić information content (AvgIpc) is 2.81. The van der Waals surface area contributed by atoms with Crippen molar-refractivity contribution in [2.75, 3.05) is 25.7 Å². The number of carbonyl (C=O) groups excluding carboxylic acids is 1. The number of hydrogen-bond donors (Lipinski definition) is 1. The van der Waals surface area contributed by atoms with Gasteiger partial charge in [-0.25, -0.2) is 13.2 Å². The highest BCUT2D eigenvalue weighted by Gasteiger charge is 2.14. The molecule has 7 nitrogen and oxygen atoms in total. The van der Waals surface area contributed by atoms with Gasteiger partial charge in [0.05, 0.1) is 16.9 Å². The molecule has 1 N–H and O–H groups in total. The first kappa shape index (κ1) is 16.5. The first-order chi connectivity index (χ1) is 10.2. The Bertz CT molecular complexity index is 797. The predicted octanol–water partition coefficient (Wildman–Crippen LogP) is 2.21. The minimum Gasteiger partial charge on any atom is -0.331 e. The van der Waals surface area contributed by atoms with Crippen molar-refractivity contribution in [1.29, 1.82) is 0 Å². The smallest absolute Gasteiger partial charge is 0.321 e. The number of halogens is 1. The number of anilines is 1. The van der Waals surface area contributed by atoms with Crippen LogP contribution in [0.25, 0.3) is 11.3 Å². The van der Waals surface area contributed by atoms with Gasteiger partial charge in [0.2, 0.25) is 0 Å². The molecule has 0 bridgehead atoms. The maximum absolute atomic E-state index is 11.6. The van der Waals surface area contributed by atoms with E-state index >= 15 is 0 Å². The minimum absolute atomic E-state index is 0.227. The highest BCUT2D eigenvalue weighted by atomic mass is 79.9. The fourth-order valence-electron chi connectivity index (χ4n) is 1.65. The fourth-order valence-corrected chi connectivity index (χ4v) is 2.81. The predicted molar refractivity (Wildman–Crippen MR) is 88.3 cm³/mol. The third-order valence-corrected chi connectivity index (χ3v) is 4.25. The number of carbonyl (C=O) groups is 1. The monoisotopic (exact) mass is 386 g/mol. The summed E-state index contributed by atoms with van der Waals surface area (Å²) in [5.74, 6) is 0. The van der Waals surface area contributed by atoms with Crippen molar-refractivity contribution in [2.24, 2.45) is 0 Å². The van der Waals surface area contributed by atoms with Crippen molar-refractivity contribution in [2.45, 2.75) is 0 Å². The van der Waals surface area contributed by atoms with Gasteiger partial charge >= 0.3 is 6.03 Å². The summed E-state index contributed by atoms with van der Waals surface area (Å²) in [7, 11) is -0.130. The lowest BCUT2D eigenvalue weighted by Gasteiger charge is -2.12. The van der Waals surface area contributed by atoms with E-state index in [0.717, 1.165) is 15.9 Å². The van der Waals surface area contributed by atoms with Crippen LogP contribution in [0.3, 0.4) is 0 Å². The van der Waals surface area contributed by atoms with Crippen LogP contribution in [0.5, 0.6) is 0 Å². The van der Waals surface area contributed by atoms with E-state index in [1.165, 1.54) is 11.1 Å². The summed E-state index contributed by atoms with van der Waals surface area (Å²) in [6.07, 6.45) is 2.47. The maximum atomic E-state index is 11.6. The molecule has 0 aliphatic carbocycles. The molecule has 0 fully saturated rings. The van der Waals surface area contributed by atoms with E-state index in [-0.39, 0.29) is 6.03 Å². The molecule has 0 aliphatic heterocycles. The molecule has 1 aromatic heterocycles. The first-order valence-corrected chi connectivity index (χ1v) is 8.87. The summed E-state index contributed by atoms with van der Waals surface area (Å²) in [5, 5.41) is 6.77. The van der Waals surface area contributed by atoms with E-state index in [1.807, 2.05) is 0 Å². The van der Waals surface area contributed by atoms with E-state index < -0.39 is 10.0 Å². The fraction of sp³-hybridized carbons (Fsp3) is 0.231. The molecule has 0 atom stereocenters. The summed E-state index contributed by atoms with van der Waals surface area (Å²) in [4.78, 5) is 13.0. The number of urea groups is 1. The molecule has 2 amide bonds. The van der Waals surface area contributed by atoms with Crippen LogP contribution in [0.2, 0.25) is 0 Å². The number of benzene rings is 1. The number of rotatable bonds is 3. The van der Waals surface area contributed by atoms with Crippen LogP contribution in [0.1, 0.15) is 0 Å². The van der Waals surface area contributed by atoms with E-state index in [2.05, 4.69) is 26.3 Å². The molecule has 1 heterocycles. The first-order valence-electron chi connectivity index (χ1n) is 6.23. The molecule has 1 aromatic carbocycles. The van der Waals surface area contributed by atoms with Crippen molar-refractivity contribution in [3.8, 4) is 11.3 Å². The number of hydrogen-bond acceptors (Lipinski definition) is 4. The Labute approximate surface area is 137 Å². The van der Waals surface area contributed by atoms with Gasteiger partial charge in [0, 0.05) is 25.3 Å². The zero-order valence-electron chi connectivity index (χ0n) is 12.2. The van der Waals surface area contributed by atoms with Gasteiger partial charge in [-0.15, -0.1) is 0 Å². The minimum atomic E-state index is -3.43. The summed E-state index contributed by atoms with van der Waals surface area (Å²) in [6, 6.07) is 6.73. The third-order valence-electron chi connectivity index (χ3n) is 2.80. The largest absolute Gasteiger partial charge is 0.331 e. The van der Waals surface area contributed by atoms with Gasteiger partial charge in [-0.3, -0.25) is 0 Å². The maximum Gasteiger partial charge on any atom is 0.321 e. The van der Waals surface area contributed by atoms with Crippen molar-refractivity contribution in [1.82, 2.24) is 14.1 Å². The second-order valence-corrected chi connectivity index (χ2v) is 7.56. The SMILES string of the molecule is CN(C)C(=O)Nc1ccc(-c2nn(S(C)(=O)=O)cc2Br)cc1. The molecular formula is C13H15BrN4O3S. The lowest BCUT2D eigenvalue weighted by atomic mass is 10.1. The molecule has 0 radical (unpaired) electrons. The molecule has 0 saturated carbocycles. The summed E-state index contributed by atoms with van der Waals surface area (Å²) in [5.41, 5.74) is 1.88. The van der Waals surface area contributed by atoms with Crippen LogP contribution in [0.4, 0.5) is 10.5 Å².